The van der Waals surface area contributed by atoms with Crippen LogP contribution in [0.25, 0.3) is 0 Å². The Hall–Kier alpha value is -0.610. The van der Waals surface area contributed by atoms with Crippen LogP contribution in [0.15, 0.2) is 0 Å². The fourth-order valence-corrected chi connectivity index (χ4v) is 6.76. The quantitative estimate of drug-likeness (QED) is 0.567. The van der Waals surface area contributed by atoms with Crippen LogP contribution >= 0.6 is 0 Å². The van der Waals surface area contributed by atoms with Crippen LogP contribution in [0.5, 0.6) is 0 Å². The molecule has 4 heteroatoms. The fraction of sp³-hybridized carbons (Fsp3) is 0.952. The van der Waals surface area contributed by atoms with Gasteiger partial charge in [-0.05, 0) is 69.4 Å². The second-order valence-electron chi connectivity index (χ2n) is 9.81. The van der Waals surface area contributed by atoms with Crippen LogP contribution in [0.2, 0.25) is 0 Å². The van der Waals surface area contributed by atoms with E-state index >= 15 is 0 Å². The zero-order chi connectivity index (χ0) is 17.1. The SMILES string of the molecule is C[C@]12CCC[C@]3(CO3)[C@H]1C[C@H]1[C@@H](C2)OC(=O)[C@@H]1CN1CCCCCC1. The Balaban J connectivity index is 1.34. The van der Waals surface area contributed by atoms with E-state index < -0.39 is 0 Å². The highest BCUT2D eigenvalue weighted by atomic mass is 16.6. The van der Waals surface area contributed by atoms with Gasteiger partial charge in [-0.2, -0.15) is 0 Å². The van der Waals surface area contributed by atoms with Crippen LogP contribution in [0, 0.1) is 23.2 Å². The lowest BCUT2D eigenvalue weighted by Crippen LogP contribution is -2.51. The normalized spacial score (nSPS) is 50.0. The van der Waals surface area contributed by atoms with E-state index in [2.05, 4.69) is 11.8 Å². The van der Waals surface area contributed by atoms with Gasteiger partial charge in [0.25, 0.3) is 0 Å². The van der Waals surface area contributed by atoms with Crippen molar-refractivity contribution >= 4 is 5.97 Å². The van der Waals surface area contributed by atoms with Gasteiger partial charge in [0, 0.05) is 12.5 Å². The van der Waals surface area contributed by atoms with E-state index in [0.29, 0.717) is 17.3 Å². The molecule has 140 valence electrons. The molecule has 2 saturated carbocycles. The predicted octanol–water partition coefficient (Wildman–Crippen LogP) is 3.39. The average Bonchev–Trinajstić information content (AvgIpc) is 3.32. The minimum absolute atomic E-state index is 0.0901. The molecule has 0 N–H and O–H groups in total. The van der Waals surface area contributed by atoms with E-state index in [1.807, 2.05) is 0 Å². The molecule has 3 saturated heterocycles. The van der Waals surface area contributed by atoms with Crippen LogP contribution in [0.3, 0.4) is 0 Å². The maximum atomic E-state index is 12.7. The first kappa shape index (κ1) is 16.6. The maximum Gasteiger partial charge on any atom is 0.310 e. The van der Waals surface area contributed by atoms with Crippen molar-refractivity contribution < 1.29 is 14.3 Å². The van der Waals surface area contributed by atoms with Crippen molar-refractivity contribution in [2.45, 2.75) is 76.4 Å². The minimum atomic E-state index is 0.0901. The number of carbonyl (C=O) groups is 1. The number of likely N-dealkylation sites (tertiary alicyclic amines) is 1. The molecular formula is C21H33NO3. The van der Waals surface area contributed by atoms with Crippen molar-refractivity contribution in [2.75, 3.05) is 26.2 Å². The van der Waals surface area contributed by atoms with Gasteiger partial charge in [0.2, 0.25) is 0 Å². The molecular weight excluding hydrogens is 314 g/mol. The smallest absolute Gasteiger partial charge is 0.310 e. The number of carbonyl (C=O) groups excluding carboxylic acids is 1. The standard InChI is InChI=1S/C21H33NO3/c1-20-7-6-8-21(14-24-21)18(20)11-15-16(19(23)25-17(15)12-20)13-22-9-4-2-3-5-10-22/h15-18H,2-14H2,1H3/t15-,16-,17-,18+,20-,21+/m1/s1. The number of esters is 1. The molecule has 0 aromatic heterocycles. The van der Waals surface area contributed by atoms with Crippen molar-refractivity contribution in [2.24, 2.45) is 23.2 Å². The Kier molecular flexibility index (Phi) is 3.94. The van der Waals surface area contributed by atoms with E-state index in [4.69, 9.17) is 9.47 Å². The molecule has 1 spiro atoms. The predicted molar refractivity (Wildman–Crippen MR) is 95.1 cm³/mol. The third-order valence-corrected chi connectivity index (χ3v) is 8.23. The Morgan fingerprint density at radius 1 is 1.12 bits per heavy atom. The number of rotatable bonds is 2. The summed E-state index contributed by atoms with van der Waals surface area (Å²) in [5.74, 6) is 1.25. The summed E-state index contributed by atoms with van der Waals surface area (Å²) in [6, 6.07) is 0. The number of epoxide rings is 1. The monoisotopic (exact) mass is 347 g/mol. The molecule has 5 rings (SSSR count). The lowest BCUT2D eigenvalue weighted by Gasteiger charge is -2.51. The summed E-state index contributed by atoms with van der Waals surface area (Å²) in [5, 5.41) is 0. The third kappa shape index (κ3) is 2.75. The largest absolute Gasteiger partial charge is 0.462 e. The van der Waals surface area contributed by atoms with E-state index in [-0.39, 0.29) is 23.6 Å². The minimum Gasteiger partial charge on any atom is -0.462 e. The van der Waals surface area contributed by atoms with Crippen LogP contribution in [-0.4, -0.2) is 48.8 Å². The molecule has 25 heavy (non-hydrogen) atoms. The van der Waals surface area contributed by atoms with E-state index in [1.165, 1.54) is 44.9 Å². The van der Waals surface area contributed by atoms with Crippen LogP contribution in [0.4, 0.5) is 0 Å². The zero-order valence-electron chi connectivity index (χ0n) is 15.7. The molecule has 0 bridgehead atoms. The highest BCUT2D eigenvalue weighted by Crippen LogP contribution is 2.62. The van der Waals surface area contributed by atoms with E-state index in [9.17, 15) is 4.79 Å². The molecule has 0 aromatic carbocycles. The Bertz CT molecular complexity index is 537. The summed E-state index contributed by atoms with van der Waals surface area (Å²) in [4.78, 5) is 15.2. The molecule has 0 unspecified atom stereocenters. The molecule has 5 fully saturated rings. The number of hydrogen-bond donors (Lipinski definition) is 0. The molecule has 3 aliphatic heterocycles. The van der Waals surface area contributed by atoms with Crippen molar-refractivity contribution in [1.82, 2.24) is 4.90 Å². The number of fused-ring (bicyclic) bond motifs is 3. The summed E-state index contributed by atoms with van der Waals surface area (Å²) in [6.07, 6.45) is 11.4. The maximum absolute atomic E-state index is 12.7. The number of hydrogen-bond acceptors (Lipinski definition) is 4. The third-order valence-electron chi connectivity index (χ3n) is 8.23. The van der Waals surface area contributed by atoms with Crippen molar-refractivity contribution in [3.8, 4) is 0 Å². The molecule has 6 atom stereocenters. The molecule has 2 aliphatic carbocycles. The summed E-state index contributed by atoms with van der Waals surface area (Å²) in [6.45, 7) is 6.64. The van der Waals surface area contributed by atoms with E-state index in [0.717, 1.165) is 39.1 Å². The Labute approximate surface area is 151 Å². The first-order valence-electron chi connectivity index (χ1n) is 10.7. The summed E-state index contributed by atoms with van der Waals surface area (Å²) in [5.41, 5.74) is 0.477. The fourth-order valence-electron chi connectivity index (χ4n) is 6.76. The van der Waals surface area contributed by atoms with Gasteiger partial charge < -0.3 is 14.4 Å². The molecule has 0 aromatic rings. The summed E-state index contributed by atoms with van der Waals surface area (Å²) in [7, 11) is 0. The second-order valence-corrected chi connectivity index (χ2v) is 9.81. The van der Waals surface area contributed by atoms with Gasteiger partial charge in [-0.25, -0.2) is 0 Å². The first-order chi connectivity index (χ1) is 12.1. The van der Waals surface area contributed by atoms with Gasteiger partial charge in [0.1, 0.15) is 6.10 Å². The molecule has 4 nitrogen and oxygen atoms in total. The van der Waals surface area contributed by atoms with Gasteiger partial charge in [-0.1, -0.05) is 19.8 Å². The lowest BCUT2D eigenvalue weighted by atomic mass is 9.53. The highest BCUT2D eigenvalue weighted by Gasteiger charge is 2.65. The lowest BCUT2D eigenvalue weighted by molar-refractivity contribution is -0.147. The van der Waals surface area contributed by atoms with Gasteiger partial charge in [-0.3, -0.25) is 4.79 Å². The summed E-state index contributed by atoms with van der Waals surface area (Å²) < 4.78 is 12.0. The number of nitrogens with zero attached hydrogens (tertiary/aromatic N) is 1. The number of ether oxygens (including phenoxy) is 2. The van der Waals surface area contributed by atoms with E-state index in [1.54, 1.807) is 0 Å². The van der Waals surface area contributed by atoms with Crippen molar-refractivity contribution in [3.05, 3.63) is 0 Å². The molecule has 0 amide bonds. The van der Waals surface area contributed by atoms with Crippen LogP contribution in [0.1, 0.15) is 64.7 Å². The Morgan fingerprint density at radius 3 is 2.60 bits per heavy atom. The van der Waals surface area contributed by atoms with Gasteiger partial charge in [0.05, 0.1) is 18.1 Å². The first-order valence-corrected chi connectivity index (χ1v) is 10.7. The van der Waals surface area contributed by atoms with Crippen molar-refractivity contribution in [1.29, 1.82) is 0 Å². The van der Waals surface area contributed by atoms with Gasteiger partial charge >= 0.3 is 5.97 Å². The zero-order valence-corrected chi connectivity index (χ0v) is 15.7. The highest BCUT2D eigenvalue weighted by molar-refractivity contribution is 5.75. The van der Waals surface area contributed by atoms with Gasteiger partial charge in [-0.15, -0.1) is 0 Å². The molecule has 0 radical (unpaired) electrons. The van der Waals surface area contributed by atoms with Crippen molar-refractivity contribution in [3.63, 3.8) is 0 Å². The van der Waals surface area contributed by atoms with Crippen LogP contribution in [-0.2, 0) is 14.3 Å². The second kappa shape index (κ2) is 5.95. The average molecular weight is 347 g/mol. The molecule has 5 aliphatic rings. The molecule has 3 heterocycles. The van der Waals surface area contributed by atoms with Gasteiger partial charge in [0.15, 0.2) is 0 Å². The topological polar surface area (TPSA) is 42.1 Å². The van der Waals surface area contributed by atoms with Crippen LogP contribution < -0.4 is 0 Å². The summed E-state index contributed by atoms with van der Waals surface area (Å²) >= 11 is 0. The Morgan fingerprint density at radius 2 is 1.88 bits per heavy atom.